The van der Waals surface area contributed by atoms with E-state index in [0.717, 1.165) is 5.52 Å². The number of hydrogen-bond donors (Lipinski definition) is 6. The van der Waals surface area contributed by atoms with Gasteiger partial charge in [-0.15, -0.1) is 0 Å². The minimum Gasteiger partial charge on any atom is -0.481 e. The largest absolute Gasteiger partial charge is 0.481 e. The van der Waals surface area contributed by atoms with Crippen LogP contribution in [0.25, 0.3) is 22.3 Å². The fourth-order valence-electron chi connectivity index (χ4n) is 3.48. The molecule has 17 heteroatoms. The van der Waals surface area contributed by atoms with Crippen LogP contribution in [0.3, 0.4) is 0 Å². The number of nitrogens with one attached hydrogen (secondary N) is 3. The summed E-state index contributed by atoms with van der Waals surface area (Å²) in [5.74, 6) is -3.16. The summed E-state index contributed by atoms with van der Waals surface area (Å²) < 4.78 is 0. The van der Waals surface area contributed by atoms with Gasteiger partial charge in [-0.25, -0.2) is 34.7 Å². The number of nitrogen functional groups attached to an aromatic ring is 1. The van der Waals surface area contributed by atoms with E-state index in [1.165, 1.54) is 24.7 Å². The standard InChI is InChI=1S/C19H19N7O6.C6H4N4/c20-19-25-15-14(17(30)26-19)23-11(8-22-15)7-21-10-3-1-9(2-4-10)16(29)24-12(18(31)32)5-6-13(27)28;1-2-9-6-5(8-1)3-7-4-10-6/h1-4,8,12,21H,5-7H2,(H,24,29)(H,27,28)(H,31,32)(H3,20,22,25,26,30);1-4H. The Kier molecular flexibility index (Phi) is 9.13. The molecule has 214 valence electrons. The number of aromatic amines is 1. The van der Waals surface area contributed by atoms with Crippen LogP contribution in [0.5, 0.6) is 0 Å². The molecule has 0 radical (unpaired) electrons. The second-order valence-corrected chi connectivity index (χ2v) is 8.50. The summed E-state index contributed by atoms with van der Waals surface area (Å²) in [6, 6.07) is 4.86. The first-order chi connectivity index (χ1) is 20.2. The number of carboxylic acids is 2. The maximum atomic E-state index is 12.3. The average molecular weight is 574 g/mol. The lowest BCUT2D eigenvalue weighted by atomic mass is 10.1. The first-order valence-electron chi connectivity index (χ1n) is 12.2. The van der Waals surface area contributed by atoms with E-state index in [2.05, 4.69) is 50.5 Å². The lowest BCUT2D eigenvalue weighted by molar-refractivity contribution is -0.140. The molecule has 0 saturated heterocycles. The number of carbonyl (C=O) groups is 3. The van der Waals surface area contributed by atoms with Gasteiger partial charge in [-0.3, -0.25) is 19.4 Å². The number of aliphatic carboxylic acids is 2. The van der Waals surface area contributed by atoms with Gasteiger partial charge in [0.25, 0.3) is 11.5 Å². The molecule has 17 nitrogen and oxygen atoms in total. The number of H-pyrrole nitrogens is 1. The summed E-state index contributed by atoms with van der Waals surface area (Å²) in [7, 11) is 0. The van der Waals surface area contributed by atoms with Crippen LogP contribution in [0.1, 0.15) is 28.9 Å². The highest BCUT2D eigenvalue weighted by Crippen LogP contribution is 2.12. The third-order valence-corrected chi connectivity index (χ3v) is 5.51. The molecule has 7 N–H and O–H groups in total. The molecule has 0 spiro atoms. The van der Waals surface area contributed by atoms with Crippen LogP contribution in [-0.2, 0) is 16.1 Å². The minimum absolute atomic E-state index is 0.0524. The second-order valence-electron chi connectivity index (χ2n) is 8.50. The van der Waals surface area contributed by atoms with E-state index in [9.17, 15) is 19.2 Å². The van der Waals surface area contributed by atoms with Crippen LogP contribution in [0, 0.1) is 0 Å². The van der Waals surface area contributed by atoms with Crippen molar-refractivity contribution >= 4 is 51.8 Å². The number of nitrogens with two attached hydrogens (primary N) is 1. The highest BCUT2D eigenvalue weighted by atomic mass is 16.4. The van der Waals surface area contributed by atoms with Crippen LogP contribution >= 0.6 is 0 Å². The van der Waals surface area contributed by atoms with Crippen molar-refractivity contribution in [1.29, 1.82) is 0 Å². The van der Waals surface area contributed by atoms with E-state index in [-0.39, 0.29) is 42.1 Å². The zero-order chi connectivity index (χ0) is 30.1. The molecule has 0 bridgehead atoms. The molecule has 5 aromatic rings. The van der Waals surface area contributed by atoms with Gasteiger partial charge in [-0.05, 0) is 30.7 Å². The van der Waals surface area contributed by atoms with Gasteiger partial charge < -0.3 is 26.6 Å². The zero-order valence-corrected chi connectivity index (χ0v) is 21.6. The molecular weight excluding hydrogens is 550 g/mol. The first-order valence-corrected chi connectivity index (χ1v) is 12.2. The Morgan fingerprint density at radius 2 is 1.71 bits per heavy atom. The summed E-state index contributed by atoms with van der Waals surface area (Å²) in [5.41, 5.74) is 7.84. The SMILES string of the molecule is Nc1nc2ncc(CNc3ccc(C(=O)NC(CCC(=O)O)C(=O)O)cc3)nc2c(=O)[nH]1.c1cnc2ncncc2n1. The molecule has 4 aromatic heterocycles. The third kappa shape index (κ3) is 7.72. The van der Waals surface area contributed by atoms with Crippen molar-refractivity contribution in [3.05, 3.63) is 77.0 Å². The topological polar surface area (TPSA) is 265 Å². The van der Waals surface area contributed by atoms with Crippen molar-refractivity contribution in [2.24, 2.45) is 0 Å². The predicted octanol–water partition coefficient (Wildman–Crippen LogP) is 0.375. The Balaban J connectivity index is 0.000000337. The van der Waals surface area contributed by atoms with E-state index in [1.54, 1.807) is 30.7 Å². The number of aromatic nitrogens is 8. The number of benzene rings is 1. The zero-order valence-electron chi connectivity index (χ0n) is 21.6. The van der Waals surface area contributed by atoms with Crippen LogP contribution in [0.4, 0.5) is 11.6 Å². The number of carbonyl (C=O) groups excluding carboxylic acids is 1. The molecule has 0 saturated carbocycles. The number of anilines is 2. The molecule has 5 rings (SSSR count). The normalized spacial score (nSPS) is 11.2. The molecule has 0 aliphatic carbocycles. The van der Waals surface area contributed by atoms with Gasteiger partial charge in [0.15, 0.2) is 16.8 Å². The van der Waals surface area contributed by atoms with Gasteiger partial charge in [-0.1, -0.05) is 0 Å². The molecule has 1 amide bonds. The Morgan fingerprint density at radius 3 is 2.43 bits per heavy atom. The summed E-state index contributed by atoms with van der Waals surface area (Å²) in [4.78, 5) is 76.2. The Bertz CT molecular complexity index is 1730. The van der Waals surface area contributed by atoms with Crippen molar-refractivity contribution in [2.75, 3.05) is 11.1 Å². The van der Waals surface area contributed by atoms with Crippen LogP contribution in [0.15, 0.2) is 60.2 Å². The average Bonchev–Trinajstić information content (AvgIpc) is 2.98. The lowest BCUT2D eigenvalue weighted by Gasteiger charge is -2.14. The van der Waals surface area contributed by atoms with Crippen molar-refractivity contribution in [1.82, 2.24) is 45.2 Å². The maximum absolute atomic E-state index is 12.3. The van der Waals surface area contributed by atoms with Gasteiger partial charge in [0, 0.05) is 30.1 Å². The lowest BCUT2D eigenvalue weighted by Crippen LogP contribution is -2.41. The van der Waals surface area contributed by atoms with Gasteiger partial charge in [0.1, 0.15) is 17.9 Å². The van der Waals surface area contributed by atoms with E-state index >= 15 is 0 Å². The van der Waals surface area contributed by atoms with Gasteiger partial charge in [-0.2, -0.15) is 4.98 Å². The van der Waals surface area contributed by atoms with Crippen molar-refractivity contribution in [3.63, 3.8) is 0 Å². The van der Waals surface area contributed by atoms with E-state index in [4.69, 9.17) is 15.9 Å². The first kappa shape index (κ1) is 28.9. The third-order valence-electron chi connectivity index (χ3n) is 5.51. The van der Waals surface area contributed by atoms with Gasteiger partial charge >= 0.3 is 11.9 Å². The maximum Gasteiger partial charge on any atom is 0.326 e. The fourth-order valence-corrected chi connectivity index (χ4v) is 3.48. The molecule has 1 aromatic carbocycles. The van der Waals surface area contributed by atoms with Crippen LogP contribution < -0.4 is 21.9 Å². The van der Waals surface area contributed by atoms with Crippen molar-refractivity contribution < 1.29 is 24.6 Å². The van der Waals surface area contributed by atoms with Crippen LogP contribution in [-0.4, -0.2) is 74.0 Å². The Hall–Kier alpha value is -6.13. The van der Waals surface area contributed by atoms with E-state index in [1.807, 2.05) is 0 Å². The second kappa shape index (κ2) is 13.3. The number of fused-ring (bicyclic) bond motifs is 2. The summed E-state index contributed by atoms with van der Waals surface area (Å²) in [5, 5.41) is 23.2. The van der Waals surface area contributed by atoms with E-state index in [0.29, 0.717) is 17.0 Å². The number of nitrogens with zero attached hydrogens (tertiary/aromatic N) is 7. The predicted molar refractivity (Wildman–Crippen MR) is 147 cm³/mol. The summed E-state index contributed by atoms with van der Waals surface area (Å²) in [6.07, 6.45) is 7.15. The number of carboxylic acid groups (broad SMARTS) is 2. The monoisotopic (exact) mass is 573 g/mol. The molecular formula is C25H23N11O6. The van der Waals surface area contributed by atoms with Gasteiger partial charge in [0.05, 0.1) is 24.6 Å². The minimum atomic E-state index is -1.31. The summed E-state index contributed by atoms with van der Waals surface area (Å²) in [6.45, 7) is 0.231. The molecule has 0 aliphatic heterocycles. The van der Waals surface area contributed by atoms with E-state index < -0.39 is 29.4 Å². The summed E-state index contributed by atoms with van der Waals surface area (Å²) >= 11 is 0. The van der Waals surface area contributed by atoms with Crippen molar-refractivity contribution in [2.45, 2.75) is 25.4 Å². The number of amides is 1. The molecule has 4 heterocycles. The van der Waals surface area contributed by atoms with Gasteiger partial charge in [0.2, 0.25) is 5.95 Å². The highest BCUT2D eigenvalue weighted by molar-refractivity contribution is 5.97. The molecule has 1 atom stereocenters. The fraction of sp³-hybridized carbons (Fsp3) is 0.160. The molecule has 1 unspecified atom stereocenters. The Morgan fingerprint density at radius 1 is 0.952 bits per heavy atom. The highest BCUT2D eigenvalue weighted by Gasteiger charge is 2.21. The molecule has 0 aliphatic rings. The molecule has 0 fully saturated rings. The quantitative estimate of drug-likeness (QED) is 0.139. The van der Waals surface area contributed by atoms with Crippen molar-refractivity contribution in [3.8, 4) is 0 Å². The molecule has 42 heavy (non-hydrogen) atoms. The Labute approximate surface area is 235 Å². The smallest absolute Gasteiger partial charge is 0.326 e. The number of rotatable bonds is 9. The number of hydrogen-bond acceptors (Lipinski definition) is 13. The van der Waals surface area contributed by atoms with Crippen LogP contribution in [0.2, 0.25) is 0 Å².